The SMILES string of the molecule is COc1ccc(C2CCCCN(S(=O)(=O)c3ccc(C(C)=O)cc3)C2)cc1. The molecular formula is C21H25NO4S. The second-order valence-corrected chi connectivity index (χ2v) is 8.85. The van der Waals surface area contributed by atoms with Crippen molar-refractivity contribution in [2.45, 2.75) is 37.0 Å². The first-order valence-corrected chi connectivity index (χ1v) is 10.6. The summed E-state index contributed by atoms with van der Waals surface area (Å²) in [6.07, 6.45) is 2.80. The first-order valence-electron chi connectivity index (χ1n) is 9.17. The molecule has 6 heteroatoms. The van der Waals surface area contributed by atoms with Crippen LogP contribution in [0, 0.1) is 0 Å². The Hall–Kier alpha value is -2.18. The molecule has 1 fully saturated rings. The van der Waals surface area contributed by atoms with Gasteiger partial charge in [-0.25, -0.2) is 8.42 Å². The van der Waals surface area contributed by atoms with Crippen LogP contribution in [0.5, 0.6) is 5.75 Å². The number of nitrogens with zero attached hydrogens (tertiary/aromatic N) is 1. The normalized spacial score (nSPS) is 18.7. The predicted molar refractivity (Wildman–Crippen MR) is 105 cm³/mol. The van der Waals surface area contributed by atoms with Gasteiger partial charge >= 0.3 is 0 Å². The first-order chi connectivity index (χ1) is 12.9. The van der Waals surface area contributed by atoms with E-state index in [1.807, 2.05) is 24.3 Å². The number of ketones is 1. The van der Waals surface area contributed by atoms with Gasteiger partial charge in [-0.1, -0.05) is 30.7 Å². The maximum atomic E-state index is 13.1. The number of Topliss-reactive ketones (excluding diaryl/α,β-unsaturated/α-hetero) is 1. The standard InChI is InChI=1S/C21H25NO4S/c1-16(23)17-8-12-21(13-9-17)27(24,25)22-14-4-3-5-19(15-22)18-6-10-20(26-2)11-7-18/h6-13,19H,3-5,14-15H2,1-2H3. The lowest BCUT2D eigenvalue weighted by molar-refractivity contribution is 0.101. The summed E-state index contributed by atoms with van der Waals surface area (Å²) in [5.41, 5.74) is 1.64. The monoisotopic (exact) mass is 387 g/mol. The van der Waals surface area contributed by atoms with E-state index in [9.17, 15) is 13.2 Å². The van der Waals surface area contributed by atoms with Crippen LogP contribution in [-0.4, -0.2) is 38.7 Å². The minimum atomic E-state index is -3.58. The molecule has 3 rings (SSSR count). The summed E-state index contributed by atoms with van der Waals surface area (Å²) >= 11 is 0. The molecule has 0 amide bonds. The fraction of sp³-hybridized carbons (Fsp3) is 0.381. The molecule has 1 heterocycles. The molecule has 2 aromatic carbocycles. The number of rotatable bonds is 5. The maximum absolute atomic E-state index is 13.1. The Morgan fingerprint density at radius 1 is 1.04 bits per heavy atom. The molecule has 2 aromatic rings. The molecule has 1 atom stereocenters. The topological polar surface area (TPSA) is 63.7 Å². The van der Waals surface area contributed by atoms with Crippen molar-refractivity contribution in [3.05, 3.63) is 59.7 Å². The molecule has 1 unspecified atom stereocenters. The molecule has 0 aliphatic carbocycles. The van der Waals surface area contributed by atoms with Crippen molar-refractivity contribution in [2.24, 2.45) is 0 Å². The van der Waals surface area contributed by atoms with Gasteiger partial charge in [0.1, 0.15) is 5.75 Å². The number of methoxy groups -OCH3 is 1. The minimum Gasteiger partial charge on any atom is -0.497 e. The van der Waals surface area contributed by atoms with Gasteiger partial charge < -0.3 is 4.74 Å². The summed E-state index contributed by atoms with van der Waals surface area (Å²) in [4.78, 5) is 11.7. The zero-order valence-electron chi connectivity index (χ0n) is 15.7. The Labute approximate surface area is 161 Å². The maximum Gasteiger partial charge on any atom is 0.243 e. The van der Waals surface area contributed by atoms with Crippen molar-refractivity contribution in [3.63, 3.8) is 0 Å². The van der Waals surface area contributed by atoms with Gasteiger partial charge in [0, 0.05) is 18.7 Å². The van der Waals surface area contributed by atoms with Gasteiger partial charge in [-0.3, -0.25) is 4.79 Å². The molecule has 27 heavy (non-hydrogen) atoms. The highest BCUT2D eigenvalue weighted by molar-refractivity contribution is 7.89. The third kappa shape index (κ3) is 4.39. The van der Waals surface area contributed by atoms with Gasteiger partial charge in [0.25, 0.3) is 0 Å². The van der Waals surface area contributed by atoms with Crippen LogP contribution < -0.4 is 4.74 Å². The van der Waals surface area contributed by atoms with E-state index in [4.69, 9.17) is 4.74 Å². The van der Waals surface area contributed by atoms with E-state index >= 15 is 0 Å². The fourth-order valence-corrected chi connectivity index (χ4v) is 5.01. The second-order valence-electron chi connectivity index (χ2n) is 6.91. The molecule has 1 saturated heterocycles. The zero-order valence-corrected chi connectivity index (χ0v) is 16.5. The van der Waals surface area contributed by atoms with E-state index < -0.39 is 10.0 Å². The van der Waals surface area contributed by atoms with Crippen LogP contribution in [0.2, 0.25) is 0 Å². The Morgan fingerprint density at radius 3 is 2.30 bits per heavy atom. The lowest BCUT2D eigenvalue weighted by Crippen LogP contribution is -2.34. The summed E-state index contributed by atoms with van der Waals surface area (Å²) < 4.78 is 33.0. The number of ether oxygens (including phenoxy) is 1. The number of carbonyl (C=O) groups excluding carboxylic acids is 1. The van der Waals surface area contributed by atoms with E-state index in [1.165, 1.54) is 19.1 Å². The lowest BCUT2D eigenvalue weighted by atomic mass is 9.94. The Morgan fingerprint density at radius 2 is 1.70 bits per heavy atom. The van der Waals surface area contributed by atoms with Crippen LogP contribution in [0.25, 0.3) is 0 Å². The van der Waals surface area contributed by atoms with E-state index in [0.717, 1.165) is 30.6 Å². The molecule has 0 N–H and O–H groups in total. The van der Waals surface area contributed by atoms with Crippen molar-refractivity contribution >= 4 is 15.8 Å². The van der Waals surface area contributed by atoms with Crippen LogP contribution in [-0.2, 0) is 10.0 Å². The van der Waals surface area contributed by atoms with Crippen LogP contribution in [0.15, 0.2) is 53.4 Å². The first kappa shape index (κ1) is 19.6. The summed E-state index contributed by atoms with van der Waals surface area (Å²) in [6, 6.07) is 14.1. The highest BCUT2D eigenvalue weighted by Crippen LogP contribution is 2.30. The molecule has 0 aromatic heterocycles. The largest absolute Gasteiger partial charge is 0.497 e. The van der Waals surface area contributed by atoms with Gasteiger partial charge in [0.05, 0.1) is 12.0 Å². The molecule has 5 nitrogen and oxygen atoms in total. The van der Waals surface area contributed by atoms with E-state index in [2.05, 4.69) is 0 Å². The average molecular weight is 388 g/mol. The zero-order chi connectivity index (χ0) is 19.4. The highest BCUT2D eigenvalue weighted by Gasteiger charge is 2.29. The molecule has 1 aliphatic heterocycles. The van der Waals surface area contributed by atoms with E-state index in [0.29, 0.717) is 18.7 Å². The van der Waals surface area contributed by atoms with Crippen molar-refractivity contribution < 1.29 is 17.9 Å². The van der Waals surface area contributed by atoms with Gasteiger partial charge in [-0.05, 0) is 55.5 Å². The number of hydrogen-bond donors (Lipinski definition) is 0. The average Bonchev–Trinajstić information content (AvgIpc) is 2.95. The predicted octanol–water partition coefficient (Wildman–Crippen LogP) is 3.86. The van der Waals surface area contributed by atoms with Crippen molar-refractivity contribution in [2.75, 3.05) is 20.2 Å². The Kier molecular flexibility index (Phi) is 5.97. The summed E-state index contributed by atoms with van der Waals surface area (Å²) in [6.45, 7) is 2.45. The lowest BCUT2D eigenvalue weighted by Gasteiger charge is -2.24. The molecule has 0 spiro atoms. The number of sulfonamides is 1. The quantitative estimate of drug-likeness (QED) is 0.731. The molecule has 0 radical (unpaired) electrons. The van der Waals surface area contributed by atoms with Crippen molar-refractivity contribution in [1.82, 2.24) is 4.31 Å². The third-order valence-corrected chi connectivity index (χ3v) is 7.00. The second kappa shape index (κ2) is 8.23. The van der Waals surface area contributed by atoms with Gasteiger partial charge in [0.2, 0.25) is 10.0 Å². The summed E-state index contributed by atoms with van der Waals surface area (Å²) in [5, 5.41) is 0. The van der Waals surface area contributed by atoms with Crippen LogP contribution in [0.3, 0.4) is 0 Å². The van der Waals surface area contributed by atoms with Crippen LogP contribution in [0.4, 0.5) is 0 Å². The Bertz CT molecular complexity index is 889. The van der Waals surface area contributed by atoms with E-state index in [-0.39, 0.29) is 16.6 Å². The van der Waals surface area contributed by atoms with Crippen molar-refractivity contribution in [1.29, 1.82) is 0 Å². The highest BCUT2D eigenvalue weighted by atomic mass is 32.2. The molecule has 0 saturated carbocycles. The van der Waals surface area contributed by atoms with Gasteiger partial charge in [0.15, 0.2) is 5.78 Å². The summed E-state index contributed by atoms with van der Waals surface area (Å²) in [5.74, 6) is 0.875. The number of benzene rings is 2. The van der Waals surface area contributed by atoms with Gasteiger partial charge in [-0.15, -0.1) is 0 Å². The van der Waals surface area contributed by atoms with Gasteiger partial charge in [-0.2, -0.15) is 4.31 Å². The Balaban J connectivity index is 1.84. The van der Waals surface area contributed by atoms with Crippen LogP contribution >= 0.6 is 0 Å². The minimum absolute atomic E-state index is 0.0757. The fourth-order valence-electron chi connectivity index (χ4n) is 3.48. The third-order valence-electron chi connectivity index (χ3n) is 5.12. The summed E-state index contributed by atoms with van der Waals surface area (Å²) in [7, 11) is -1.95. The molecule has 144 valence electrons. The number of carbonyl (C=O) groups is 1. The molecule has 0 bridgehead atoms. The molecule has 1 aliphatic rings. The van der Waals surface area contributed by atoms with E-state index in [1.54, 1.807) is 23.5 Å². The van der Waals surface area contributed by atoms with Crippen LogP contribution in [0.1, 0.15) is 48.0 Å². The smallest absolute Gasteiger partial charge is 0.243 e. The number of hydrogen-bond acceptors (Lipinski definition) is 4. The molecular weight excluding hydrogens is 362 g/mol. The van der Waals surface area contributed by atoms with Crippen molar-refractivity contribution in [3.8, 4) is 5.75 Å².